The molecule has 0 bridgehead atoms. The molecule has 4 atom stereocenters. The molecule has 3 aromatic carbocycles. The summed E-state index contributed by atoms with van der Waals surface area (Å²) in [4.78, 5) is 12.2. The molecule has 1 saturated carbocycles. The van der Waals surface area contributed by atoms with Crippen LogP contribution in [0.3, 0.4) is 0 Å². The zero-order valence-corrected chi connectivity index (χ0v) is 20.4. The van der Waals surface area contributed by atoms with Crippen LogP contribution in [0.4, 0.5) is 5.69 Å². The molecule has 0 aliphatic heterocycles. The molecule has 1 spiro atoms. The number of anilines is 1. The van der Waals surface area contributed by atoms with Crippen LogP contribution in [-0.4, -0.2) is 24.2 Å². The second-order valence-electron chi connectivity index (χ2n) is 9.41. The lowest BCUT2D eigenvalue weighted by molar-refractivity contribution is -0.143. The van der Waals surface area contributed by atoms with Crippen molar-refractivity contribution >= 4 is 34.9 Å². The van der Waals surface area contributed by atoms with E-state index in [9.17, 15) is 9.90 Å². The van der Waals surface area contributed by atoms with Gasteiger partial charge in [-0.2, -0.15) is 0 Å². The molecule has 0 heterocycles. The number of methoxy groups -OCH3 is 1. The Morgan fingerprint density at radius 2 is 1.91 bits per heavy atom. The molecule has 0 amide bonds. The van der Waals surface area contributed by atoms with E-state index in [1.807, 2.05) is 36.4 Å². The van der Waals surface area contributed by atoms with Crippen molar-refractivity contribution in [3.05, 3.63) is 93.5 Å². The van der Waals surface area contributed by atoms with Gasteiger partial charge in [0.1, 0.15) is 5.75 Å². The molecule has 3 aromatic rings. The van der Waals surface area contributed by atoms with Crippen molar-refractivity contribution < 1.29 is 14.6 Å². The summed E-state index contributed by atoms with van der Waals surface area (Å²) in [5, 5.41) is 14.8. The molecule has 1 unspecified atom stereocenters. The summed E-state index contributed by atoms with van der Waals surface area (Å²) < 4.78 is 5.38. The van der Waals surface area contributed by atoms with Gasteiger partial charge in [0, 0.05) is 22.2 Å². The van der Waals surface area contributed by atoms with Crippen molar-refractivity contribution in [2.45, 2.75) is 43.1 Å². The van der Waals surface area contributed by atoms with Gasteiger partial charge in [0.25, 0.3) is 0 Å². The van der Waals surface area contributed by atoms with Gasteiger partial charge in [-0.1, -0.05) is 59.6 Å². The van der Waals surface area contributed by atoms with Gasteiger partial charge in [-0.25, -0.2) is 0 Å². The predicted octanol–water partition coefficient (Wildman–Crippen LogP) is 6.95. The van der Waals surface area contributed by atoms with E-state index < -0.39 is 11.9 Å². The highest BCUT2D eigenvalue weighted by Gasteiger charge is 2.52. The van der Waals surface area contributed by atoms with Crippen molar-refractivity contribution in [2.75, 3.05) is 12.4 Å². The van der Waals surface area contributed by atoms with Crippen LogP contribution in [0.15, 0.2) is 66.7 Å². The van der Waals surface area contributed by atoms with Gasteiger partial charge in [-0.15, -0.1) is 0 Å². The number of rotatable bonds is 5. The number of hydrogen-bond acceptors (Lipinski definition) is 3. The minimum Gasteiger partial charge on any atom is -0.495 e. The van der Waals surface area contributed by atoms with Crippen molar-refractivity contribution in [1.29, 1.82) is 0 Å². The van der Waals surface area contributed by atoms with Crippen LogP contribution in [-0.2, 0) is 16.6 Å². The van der Waals surface area contributed by atoms with E-state index in [0.717, 1.165) is 24.1 Å². The molecule has 0 aromatic heterocycles. The Morgan fingerprint density at radius 3 is 2.65 bits per heavy atom. The van der Waals surface area contributed by atoms with Crippen LogP contribution in [0.5, 0.6) is 5.75 Å². The number of hydrogen-bond donors (Lipinski definition) is 2. The van der Waals surface area contributed by atoms with Crippen LogP contribution in [0, 0.1) is 5.92 Å². The first-order valence-corrected chi connectivity index (χ1v) is 12.3. The normalized spacial score (nSPS) is 25.7. The second-order valence-corrected chi connectivity index (χ2v) is 10.3. The number of aliphatic carboxylic acids is 1. The lowest BCUT2D eigenvalue weighted by Crippen LogP contribution is -2.47. The van der Waals surface area contributed by atoms with Crippen LogP contribution in [0.25, 0.3) is 0 Å². The molecular weight excluding hydrogens is 469 g/mol. The number of ether oxygens (including phenoxy) is 1. The van der Waals surface area contributed by atoms with Crippen molar-refractivity contribution in [3.63, 3.8) is 0 Å². The Bertz CT molecular complexity index is 1230. The molecular formula is C28H27Cl2NO3. The molecule has 0 saturated heterocycles. The van der Waals surface area contributed by atoms with Crippen LogP contribution >= 0.6 is 23.2 Å². The highest BCUT2D eigenvalue weighted by atomic mass is 35.5. The lowest BCUT2D eigenvalue weighted by Gasteiger charge is -2.46. The average molecular weight is 496 g/mol. The third-order valence-corrected chi connectivity index (χ3v) is 8.22. The number of carboxylic acid groups (broad SMARTS) is 1. The highest BCUT2D eigenvalue weighted by molar-refractivity contribution is 6.32. The molecule has 6 heteroatoms. The summed E-state index contributed by atoms with van der Waals surface area (Å²) in [5.41, 5.74) is 4.48. The first-order valence-electron chi connectivity index (χ1n) is 11.6. The first kappa shape index (κ1) is 23.1. The fourth-order valence-electron chi connectivity index (χ4n) is 6.17. The molecule has 2 aliphatic carbocycles. The second kappa shape index (κ2) is 9.16. The summed E-state index contributed by atoms with van der Waals surface area (Å²) in [7, 11) is 1.62. The molecule has 34 heavy (non-hydrogen) atoms. The summed E-state index contributed by atoms with van der Waals surface area (Å²) in [6.45, 7) is 0. The van der Waals surface area contributed by atoms with E-state index in [2.05, 4.69) is 35.6 Å². The fraction of sp³-hybridized carbons (Fsp3) is 0.321. The Hall–Kier alpha value is -2.69. The maximum Gasteiger partial charge on any atom is 0.308 e. The molecule has 2 N–H and O–H groups in total. The highest BCUT2D eigenvalue weighted by Crippen LogP contribution is 2.57. The number of fused-ring (bicyclic) bond motifs is 2. The quantitative estimate of drug-likeness (QED) is 0.402. The average Bonchev–Trinajstić information content (AvgIpc) is 3.12. The Balaban J connectivity index is 1.57. The van der Waals surface area contributed by atoms with Crippen molar-refractivity contribution in [3.8, 4) is 5.75 Å². The SMILES string of the molecule is COc1ccc([C@@H]2Cc3ccccc3[C@@]23CC[C@H](C(=O)O)C(Nc2cccc(Cl)c2)C3)cc1Cl. The Kier molecular flexibility index (Phi) is 6.22. The fourth-order valence-corrected chi connectivity index (χ4v) is 6.63. The summed E-state index contributed by atoms with van der Waals surface area (Å²) >= 11 is 12.7. The number of benzene rings is 3. The van der Waals surface area contributed by atoms with E-state index >= 15 is 0 Å². The molecule has 176 valence electrons. The van der Waals surface area contributed by atoms with Crippen molar-refractivity contribution in [1.82, 2.24) is 0 Å². The molecule has 1 fully saturated rings. The zero-order chi connectivity index (χ0) is 23.9. The van der Waals surface area contributed by atoms with E-state index in [1.165, 1.54) is 11.1 Å². The minimum absolute atomic E-state index is 0.184. The van der Waals surface area contributed by atoms with Gasteiger partial charge in [0.2, 0.25) is 0 Å². The summed E-state index contributed by atoms with van der Waals surface area (Å²) in [6.07, 6.45) is 3.02. The van der Waals surface area contributed by atoms with E-state index in [1.54, 1.807) is 7.11 Å². The predicted molar refractivity (Wildman–Crippen MR) is 136 cm³/mol. The van der Waals surface area contributed by atoms with Gasteiger partial charge >= 0.3 is 5.97 Å². The molecule has 4 nitrogen and oxygen atoms in total. The lowest BCUT2D eigenvalue weighted by atomic mass is 9.60. The monoisotopic (exact) mass is 495 g/mol. The van der Waals surface area contributed by atoms with Gasteiger partial charge < -0.3 is 15.2 Å². The number of nitrogens with one attached hydrogen (secondary N) is 1. The van der Waals surface area contributed by atoms with E-state index in [4.69, 9.17) is 27.9 Å². The zero-order valence-electron chi connectivity index (χ0n) is 18.9. The van der Waals surface area contributed by atoms with Gasteiger partial charge in [0.15, 0.2) is 0 Å². The van der Waals surface area contributed by atoms with E-state index in [-0.39, 0.29) is 17.4 Å². The molecule has 2 aliphatic rings. The topological polar surface area (TPSA) is 58.6 Å². The number of halogens is 2. The van der Waals surface area contributed by atoms with Crippen LogP contribution in [0.2, 0.25) is 10.0 Å². The third-order valence-electron chi connectivity index (χ3n) is 7.69. The minimum atomic E-state index is -0.760. The maximum atomic E-state index is 12.2. The third kappa shape index (κ3) is 4.03. The van der Waals surface area contributed by atoms with Gasteiger partial charge in [0.05, 0.1) is 18.1 Å². The van der Waals surface area contributed by atoms with Crippen molar-refractivity contribution in [2.24, 2.45) is 5.92 Å². The Morgan fingerprint density at radius 1 is 1.09 bits per heavy atom. The van der Waals surface area contributed by atoms with E-state index in [0.29, 0.717) is 28.6 Å². The standard InChI is InChI=1S/C28H27Cl2NO3/c1-34-26-10-9-18(14-24(26)30)23-13-17-5-2-3-8-22(17)28(23)12-11-21(27(32)33)25(16-28)31-20-7-4-6-19(29)15-20/h2-10,14-15,21,23,25,31H,11-13,16H2,1H3,(H,32,33)/t21-,23-,25?,28-/m0/s1. The maximum absolute atomic E-state index is 12.2. The van der Waals surface area contributed by atoms with Gasteiger partial charge in [-0.05, 0) is 78.6 Å². The summed E-state index contributed by atoms with van der Waals surface area (Å²) in [6, 6.07) is 21.9. The number of carbonyl (C=O) groups is 1. The molecule has 5 rings (SSSR count). The molecule has 0 radical (unpaired) electrons. The van der Waals surface area contributed by atoms with Crippen LogP contribution < -0.4 is 10.1 Å². The van der Waals surface area contributed by atoms with Crippen LogP contribution in [0.1, 0.15) is 41.9 Å². The first-order chi connectivity index (χ1) is 16.4. The summed E-state index contributed by atoms with van der Waals surface area (Å²) in [5.74, 6) is -0.376. The Labute approximate surface area is 209 Å². The number of carboxylic acids is 1. The largest absolute Gasteiger partial charge is 0.495 e. The van der Waals surface area contributed by atoms with Gasteiger partial charge in [-0.3, -0.25) is 4.79 Å². The smallest absolute Gasteiger partial charge is 0.308 e.